The van der Waals surface area contributed by atoms with Crippen LogP contribution in [0.15, 0.2) is 48.8 Å². The zero-order valence-electron chi connectivity index (χ0n) is 17.3. The second kappa shape index (κ2) is 9.06. The van der Waals surface area contributed by atoms with Crippen molar-refractivity contribution in [3.63, 3.8) is 0 Å². The molecule has 2 aliphatic rings. The van der Waals surface area contributed by atoms with Gasteiger partial charge < -0.3 is 9.64 Å². The Bertz CT molecular complexity index is 741. The average molecular weight is 380 g/mol. The van der Waals surface area contributed by atoms with Gasteiger partial charge in [-0.25, -0.2) is 0 Å². The van der Waals surface area contributed by atoms with Gasteiger partial charge in [-0.1, -0.05) is 31.0 Å². The molecule has 28 heavy (non-hydrogen) atoms. The smallest absolute Gasteiger partial charge is 0.0726 e. The van der Waals surface area contributed by atoms with Crippen molar-refractivity contribution in [1.29, 1.82) is 0 Å². The first-order valence-corrected chi connectivity index (χ1v) is 10.8. The molecule has 0 amide bonds. The third-order valence-electron chi connectivity index (χ3n) is 6.08. The van der Waals surface area contributed by atoms with Crippen LogP contribution in [0, 0.1) is 0 Å². The Kier molecular flexibility index (Phi) is 6.28. The lowest BCUT2D eigenvalue weighted by molar-refractivity contribution is -0.00530. The van der Waals surface area contributed by atoms with Crippen LogP contribution in [0.4, 0.5) is 5.69 Å². The van der Waals surface area contributed by atoms with Crippen LogP contribution in [-0.2, 0) is 11.3 Å². The number of likely N-dealkylation sites (tertiary alicyclic amines) is 1. The predicted octanol–water partition coefficient (Wildman–Crippen LogP) is 4.81. The van der Waals surface area contributed by atoms with E-state index < -0.39 is 0 Å². The van der Waals surface area contributed by atoms with Crippen LogP contribution in [-0.4, -0.2) is 41.7 Å². The molecule has 150 valence electrons. The number of anilines is 1. The van der Waals surface area contributed by atoms with Crippen molar-refractivity contribution in [2.75, 3.05) is 24.5 Å². The third-order valence-corrected chi connectivity index (χ3v) is 6.08. The first kappa shape index (κ1) is 19.4. The highest BCUT2D eigenvalue weighted by Crippen LogP contribution is 2.33. The molecule has 2 aromatic rings. The monoisotopic (exact) mass is 379 g/mol. The minimum atomic E-state index is 0.277. The van der Waals surface area contributed by atoms with Gasteiger partial charge in [0.15, 0.2) is 0 Å². The molecule has 4 heteroatoms. The number of aromatic nitrogens is 1. The molecule has 0 radical (unpaired) electrons. The van der Waals surface area contributed by atoms with Crippen molar-refractivity contribution in [2.45, 2.75) is 64.3 Å². The van der Waals surface area contributed by atoms with Crippen LogP contribution in [0.2, 0.25) is 0 Å². The highest BCUT2D eigenvalue weighted by molar-refractivity contribution is 5.54. The minimum absolute atomic E-state index is 0.277. The molecule has 4 rings (SSSR count). The number of hydrogen-bond donors (Lipinski definition) is 0. The van der Waals surface area contributed by atoms with E-state index in [1.54, 1.807) is 0 Å². The zero-order valence-corrected chi connectivity index (χ0v) is 17.3. The maximum Gasteiger partial charge on any atom is 0.0726 e. The standard InChI is InChI=1S/C24H33N3O/c1-19-16-27(17-20(2)28-19)24-10-6-5-8-22(24)18-26-15-7-3-4-9-23(26)21-11-13-25-14-12-21/h5-6,8,10-14,19-20,23H,3-4,7,9,15-18H2,1-2H3/t19-,20+,23-/m1/s1. The summed E-state index contributed by atoms with van der Waals surface area (Å²) < 4.78 is 5.96. The van der Waals surface area contributed by atoms with Crippen LogP contribution in [0.25, 0.3) is 0 Å². The van der Waals surface area contributed by atoms with Gasteiger partial charge in [-0.15, -0.1) is 0 Å². The van der Waals surface area contributed by atoms with Gasteiger partial charge in [-0.2, -0.15) is 0 Å². The fourth-order valence-electron chi connectivity index (χ4n) is 4.87. The Morgan fingerprint density at radius 3 is 2.50 bits per heavy atom. The van der Waals surface area contributed by atoms with Crippen molar-refractivity contribution in [1.82, 2.24) is 9.88 Å². The highest BCUT2D eigenvalue weighted by atomic mass is 16.5. The van der Waals surface area contributed by atoms with E-state index in [4.69, 9.17) is 4.74 Å². The van der Waals surface area contributed by atoms with E-state index in [-0.39, 0.29) is 12.2 Å². The van der Waals surface area contributed by atoms with Gasteiger partial charge in [0, 0.05) is 43.8 Å². The Balaban J connectivity index is 1.58. The van der Waals surface area contributed by atoms with Gasteiger partial charge in [-0.3, -0.25) is 9.88 Å². The van der Waals surface area contributed by atoms with Crippen molar-refractivity contribution in [3.05, 3.63) is 59.9 Å². The molecule has 0 saturated carbocycles. The Labute approximate surface area is 169 Å². The normalized spacial score (nSPS) is 26.8. The SMILES string of the molecule is C[C@@H]1CN(c2ccccc2CN2CCCCC[C@@H]2c2ccncc2)C[C@H](C)O1. The molecule has 3 atom stereocenters. The van der Waals surface area contributed by atoms with Gasteiger partial charge >= 0.3 is 0 Å². The molecule has 3 heterocycles. The van der Waals surface area contributed by atoms with Gasteiger partial charge in [0.05, 0.1) is 12.2 Å². The first-order valence-electron chi connectivity index (χ1n) is 10.8. The summed E-state index contributed by atoms with van der Waals surface area (Å²) in [6.45, 7) is 8.46. The fraction of sp³-hybridized carbons (Fsp3) is 0.542. The Morgan fingerprint density at radius 1 is 0.964 bits per heavy atom. The molecule has 0 N–H and O–H groups in total. The lowest BCUT2D eigenvalue weighted by Gasteiger charge is -2.39. The first-order chi connectivity index (χ1) is 13.7. The van der Waals surface area contributed by atoms with E-state index in [1.807, 2.05) is 12.4 Å². The van der Waals surface area contributed by atoms with E-state index in [9.17, 15) is 0 Å². The maximum absolute atomic E-state index is 5.96. The zero-order chi connectivity index (χ0) is 19.3. The average Bonchev–Trinajstić information content (AvgIpc) is 2.94. The topological polar surface area (TPSA) is 28.6 Å². The van der Waals surface area contributed by atoms with E-state index in [2.05, 4.69) is 65.0 Å². The molecular weight excluding hydrogens is 346 g/mol. The van der Waals surface area contributed by atoms with Crippen molar-refractivity contribution in [2.24, 2.45) is 0 Å². The minimum Gasteiger partial charge on any atom is -0.372 e. The van der Waals surface area contributed by atoms with E-state index in [0.29, 0.717) is 6.04 Å². The second-order valence-electron chi connectivity index (χ2n) is 8.41. The summed E-state index contributed by atoms with van der Waals surface area (Å²) in [6, 6.07) is 13.8. The maximum atomic E-state index is 5.96. The number of hydrogen-bond acceptors (Lipinski definition) is 4. The summed E-state index contributed by atoms with van der Waals surface area (Å²) in [6.07, 6.45) is 9.58. The summed E-state index contributed by atoms with van der Waals surface area (Å²) in [4.78, 5) is 9.44. The molecule has 0 unspecified atom stereocenters. The molecule has 2 aliphatic heterocycles. The van der Waals surface area contributed by atoms with Gasteiger partial charge in [0.1, 0.15) is 0 Å². The Hall–Kier alpha value is -1.91. The molecule has 2 saturated heterocycles. The van der Waals surface area contributed by atoms with Crippen LogP contribution >= 0.6 is 0 Å². The van der Waals surface area contributed by atoms with Crippen molar-refractivity contribution >= 4 is 5.69 Å². The van der Waals surface area contributed by atoms with E-state index >= 15 is 0 Å². The molecule has 1 aromatic carbocycles. The number of para-hydroxylation sites is 1. The number of rotatable bonds is 4. The van der Waals surface area contributed by atoms with Crippen molar-refractivity contribution in [3.8, 4) is 0 Å². The number of morpholine rings is 1. The fourth-order valence-corrected chi connectivity index (χ4v) is 4.87. The number of nitrogens with zero attached hydrogens (tertiary/aromatic N) is 3. The Morgan fingerprint density at radius 2 is 1.71 bits per heavy atom. The van der Waals surface area contributed by atoms with Crippen molar-refractivity contribution < 1.29 is 4.74 Å². The molecule has 1 aromatic heterocycles. The second-order valence-corrected chi connectivity index (χ2v) is 8.41. The lowest BCUT2D eigenvalue weighted by atomic mass is 10.0. The van der Waals surface area contributed by atoms with E-state index in [0.717, 1.165) is 26.2 Å². The van der Waals surface area contributed by atoms with E-state index in [1.165, 1.54) is 42.5 Å². The quantitative estimate of drug-likeness (QED) is 0.762. The third kappa shape index (κ3) is 4.56. The summed E-state index contributed by atoms with van der Waals surface area (Å²) in [7, 11) is 0. The van der Waals surface area contributed by atoms with Crippen LogP contribution in [0.1, 0.15) is 56.7 Å². The van der Waals surface area contributed by atoms with Gasteiger partial charge in [0.25, 0.3) is 0 Å². The molecule has 4 nitrogen and oxygen atoms in total. The summed E-state index contributed by atoms with van der Waals surface area (Å²) in [5.41, 5.74) is 4.22. The molecular formula is C24H33N3O. The summed E-state index contributed by atoms with van der Waals surface area (Å²) >= 11 is 0. The predicted molar refractivity (Wildman–Crippen MR) is 115 cm³/mol. The number of ether oxygens (including phenoxy) is 1. The van der Waals surface area contributed by atoms with Gasteiger partial charge in [0.2, 0.25) is 0 Å². The summed E-state index contributed by atoms with van der Waals surface area (Å²) in [5, 5.41) is 0. The lowest BCUT2D eigenvalue weighted by Crippen LogP contribution is -2.46. The number of pyridine rings is 1. The van der Waals surface area contributed by atoms with Crippen LogP contribution in [0.5, 0.6) is 0 Å². The largest absolute Gasteiger partial charge is 0.372 e. The molecule has 0 bridgehead atoms. The van der Waals surface area contributed by atoms with Crippen LogP contribution in [0.3, 0.4) is 0 Å². The highest BCUT2D eigenvalue weighted by Gasteiger charge is 2.26. The summed E-state index contributed by atoms with van der Waals surface area (Å²) in [5.74, 6) is 0. The molecule has 0 aliphatic carbocycles. The number of benzene rings is 1. The van der Waals surface area contributed by atoms with Crippen LogP contribution < -0.4 is 4.90 Å². The molecule has 2 fully saturated rings. The van der Waals surface area contributed by atoms with Gasteiger partial charge in [-0.05, 0) is 62.6 Å². The molecule has 0 spiro atoms.